The van der Waals surface area contributed by atoms with Crippen LogP contribution in [-0.4, -0.2) is 58.7 Å². The number of thioether (sulfide) groups is 1. The third-order valence-electron chi connectivity index (χ3n) is 3.58. The monoisotopic (exact) mass is 317 g/mol. The molecule has 0 aliphatic carbocycles. The van der Waals surface area contributed by atoms with Crippen LogP contribution in [0.1, 0.15) is 33.1 Å². The van der Waals surface area contributed by atoms with Crippen molar-refractivity contribution < 1.29 is 14.7 Å². The molecule has 0 aromatic rings. The smallest absolute Gasteiger partial charge is 0.407 e. The molecule has 4 N–H and O–H groups in total. The number of primary amides is 1. The molecule has 0 spiro atoms. The minimum atomic E-state index is -0.831. The maximum Gasteiger partial charge on any atom is 0.407 e. The summed E-state index contributed by atoms with van der Waals surface area (Å²) >= 11 is 1.53. The Kier molecular flexibility index (Phi) is 7.88. The van der Waals surface area contributed by atoms with Gasteiger partial charge >= 0.3 is 6.09 Å². The van der Waals surface area contributed by atoms with Gasteiger partial charge in [0, 0.05) is 30.9 Å². The lowest BCUT2D eigenvalue weighted by Crippen LogP contribution is -2.45. The number of nitrogens with one attached hydrogen (secondary N) is 1. The summed E-state index contributed by atoms with van der Waals surface area (Å²) in [4.78, 5) is 23.4. The number of rotatable bonds is 9. The van der Waals surface area contributed by atoms with Crippen molar-refractivity contribution in [2.24, 2.45) is 11.7 Å². The third-order valence-corrected chi connectivity index (χ3v) is 4.71. The Morgan fingerprint density at radius 3 is 2.76 bits per heavy atom. The largest absolute Gasteiger partial charge is 0.465 e. The number of carbonyl (C=O) groups is 2. The van der Waals surface area contributed by atoms with Crippen LogP contribution in [0.15, 0.2) is 0 Å². The standard InChI is InChI=1S/C14H27N3O3S/c1-10(2)6-11(8-21-9-13(15)18)16-7-12-4-3-5-17(12)14(19)20/h10-12,16H,3-9H2,1-2H3,(H2,15,18)(H,19,20)/t11-,12-/m0/s1. The molecule has 7 heteroatoms. The molecule has 122 valence electrons. The molecule has 1 aliphatic heterocycles. The first-order valence-electron chi connectivity index (χ1n) is 7.49. The Balaban J connectivity index is 2.40. The summed E-state index contributed by atoms with van der Waals surface area (Å²) in [6, 6.07) is 0.351. The molecule has 0 radical (unpaired) electrons. The van der Waals surface area contributed by atoms with Crippen molar-refractivity contribution in [2.75, 3.05) is 24.6 Å². The fourth-order valence-corrected chi connectivity index (χ4v) is 3.54. The first kappa shape index (κ1) is 18.1. The van der Waals surface area contributed by atoms with Gasteiger partial charge in [-0.05, 0) is 25.2 Å². The molecule has 0 aromatic carbocycles. The van der Waals surface area contributed by atoms with E-state index in [2.05, 4.69) is 19.2 Å². The Morgan fingerprint density at radius 1 is 1.48 bits per heavy atom. The molecule has 1 rings (SSSR count). The fraction of sp³-hybridized carbons (Fsp3) is 0.857. The predicted octanol–water partition coefficient (Wildman–Crippen LogP) is 1.35. The number of carboxylic acid groups (broad SMARTS) is 1. The van der Waals surface area contributed by atoms with Gasteiger partial charge in [-0.3, -0.25) is 4.79 Å². The van der Waals surface area contributed by atoms with E-state index in [1.165, 1.54) is 16.7 Å². The van der Waals surface area contributed by atoms with Crippen LogP contribution in [0.2, 0.25) is 0 Å². The Morgan fingerprint density at radius 2 is 2.19 bits per heavy atom. The van der Waals surface area contributed by atoms with Gasteiger partial charge in [0.15, 0.2) is 0 Å². The molecule has 0 aromatic heterocycles. The SMILES string of the molecule is CC(C)C[C@@H](CSCC(N)=O)NC[C@@H]1CCCN1C(=O)O. The Hall–Kier alpha value is -0.950. The van der Waals surface area contributed by atoms with E-state index in [-0.39, 0.29) is 18.0 Å². The zero-order valence-electron chi connectivity index (χ0n) is 12.9. The van der Waals surface area contributed by atoms with Gasteiger partial charge in [-0.1, -0.05) is 13.8 Å². The summed E-state index contributed by atoms with van der Waals surface area (Å²) < 4.78 is 0. The lowest BCUT2D eigenvalue weighted by atomic mass is 10.0. The van der Waals surface area contributed by atoms with Crippen LogP contribution in [0.5, 0.6) is 0 Å². The van der Waals surface area contributed by atoms with Crippen molar-refractivity contribution >= 4 is 23.8 Å². The van der Waals surface area contributed by atoms with E-state index in [1.807, 2.05) is 0 Å². The van der Waals surface area contributed by atoms with Crippen LogP contribution in [0, 0.1) is 5.92 Å². The highest BCUT2D eigenvalue weighted by atomic mass is 32.2. The Bertz CT molecular complexity index is 352. The molecule has 1 heterocycles. The van der Waals surface area contributed by atoms with Crippen LogP contribution in [0.3, 0.4) is 0 Å². The van der Waals surface area contributed by atoms with Crippen molar-refractivity contribution in [1.82, 2.24) is 10.2 Å². The van der Waals surface area contributed by atoms with E-state index >= 15 is 0 Å². The average Bonchev–Trinajstić information content (AvgIpc) is 2.83. The molecular formula is C14H27N3O3S. The summed E-state index contributed by atoms with van der Waals surface area (Å²) in [5.74, 6) is 1.41. The van der Waals surface area contributed by atoms with E-state index in [0.717, 1.165) is 25.0 Å². The normalized spacial score (nSPS) is 20.0. The van der Waals surface area contributed by atoms with E-state index in [0.29, 0.717) is 24.8 Å². The summed E-state index contributed by atoms with van der Waals surface area (Å²) in [7, 11) is 0. The van der Waals surface area contributed by atoms with Crippen molar-refractivity contribution in [2.45, 2.75) is 45.2 Å². The molecule has 2 amide bonds. The van der Waals surface area contributed by atoms with Crippen LogP contribution in [0.25, 0.3) is 0 Å². The van der Waals surface area contributed by atoms with Crippen molar-refractivity contribution in [1.29, 1.82) is 0 Å². The van der Waals surface area contributed by atoms with Crippen molar-refractivity contribution in [3.05, 3.63) is 0 Å². The van der Waals surface area contributed by atoms with Crippen molar-refractivity contribution in [3.8, 4) is 0 Å². The minimum Gasteiger partial charge on any atom is -0.465 e. The van der Waals surface area contributed by atoms with Crippen molar-refractivity contribution in [3.63, 3.8) is 0 Å². The van der Waals surface area contributed by atoms with Gasteiger partial charge in [0.05, 0.1) is 5.75 Å². The van der Waals surface area contributed by atoms with E-state index in [9.17, 15) is 9.59 Å². The molecule has 1 saturated heterocycles. The molecule has 1 aliphatic rings. The lowest BCUT2D eigenvalue weighted by Gasteiger charge is -2.26. The topological polar surface area (TPSA) is 95.7 Å². The number of hydrogen-bond donors (Lipinski definition) is 3. The third kappa shape index (κ3) is 7.04. The maximum absolute atomic E-state index is 11.1. The summed E-state index contributed by atoms with van der Waals surface area (Å²) in [6.07, 6.45) is 2.03. The van der Waals surface area contributed by atoms with Crippen LogP contribution < -0.4 is 11.1 Å². The molecule has 21 heavy (non-hydrogen) atoms. The van der Waals surface area contributed by atoms with E-state index < -0.39 is 6.09 Å². The zero-order valence-corrected chi connectivity index (χ0v) is 13.7. The van der Waals surface area contributed by atoms with Gasteiger partial charge in [-0.15, -0.1) is 0 Å². The van der Waals surface area contributed by atoms with Gasteiger partial charge in [0.1, 0.15) is 0 Å². The minimum absolute atomic E-state index is 0.0679. The maximum atomic E-state index is 11.1. The molecule has 6 nitrogen and oxygen atoms in total. The number of nitrogens with two attached hydrogens (primary N) is 1. The Labute approximate surface area is 130 Å². The molecule has 0 unspecified atom stereocenters. The summed E-state index contributed by atoms with van der Waals surface area (Å²) in [5, 5.41) is 12.6. The quantitative estimate of drug-likeness (QED) is 0.596. The first-order chi connectivity index (χ1) is 9.90. The van der Waals surface area contributed by atoms with Gasteiger partial charge in [0.2, 0.25) is 5.91 Å². The second kappa shape index (κ2) is 9.15. The predicted molar refractivity (Wildman–Crippen MR) is 85.5 cm³/mol. The molecule has 0 bridgehead atoms. The van der Waals surface area contributed by atoms with Gasteiger partial charge in [0.25, 0.3) is 0 Å². The number of hydrogen-bond acceptors (Lipinski definition) is 4. The lowest BCUT2D eigenvalue weighted by molar-refractivity contribution is -0.115. The second-order valence-electron chi connectivity index (χ2n) is 5.99. The van der Waals surface area contributed by atoms with Crippen LogP contribution in [-0.2, 0) is 4.79 Å². The van der Waals surface area contributed by atoms with Gasteiger partial charge in [-0.2, -0.15) is 11.8 Å². The highest BCUT2D eigenvalue weighted by Crippen LogP contribution is 2.17. The van der Waals surface area contributed by atoms with E-state index in [1.54, 1.807) is 0 Å². The van der Waals surface area contributed by atoms with Crippen LogP contribution >= 0.6 is 11.8 Å². The number of amides is 2. The molecule has 1 fully saturated rings. The number of nitrogens with zero attached hydrogens (tertiary/aromatic N) is 1. The van der Waals surface area contributed by atoms with Gasteiger partial charge in [-0.25, -0.2) is 4.79 Å². The number of likely N-dealkylation sites (tertiary alicyclic amines) is 1. The highest BCUT2D eigenvalue weighted by Gasteiger charge is 2.28. The fourth-order valence-electron chi connectivity index (χ4n) is 2.68. The average molecular weight is 317 g/mol. The van der Waals surface area contributed by atoms with Gasteiger partial charge < -0.3 is 21.1 Å². The molecular weight excluding hydrogens is 290 g/mol. The number of carbonyl (C=O) groups excluding carboxylic acids is 1. The summed E-state index contributed by atoms with van der Waals surface area (Å²) in [6.45, 7) is 5.63. The van der Waals surface area contributed by atoms with Crippen LogP contribution in [0.4, 0.5) is 4.79 Å². The molecule has 0 saturated carbocycles. The zero-order chi connectivity index (χ0) is 15.8. The second-order valence-corrected chi connectivity index (χ2v) is 7.02. The van der Waals surface area contributed by atoms with E-state index in [4.69, 9.17) is 10.8 Å². The first-order valence-corrected chi connectivity index (χ1v) is 8.64. The highest BCUT2D eigenvalue weighted by molar-refractivity contribution is 7.99. The summed E-state index contributed by atoms with van der Waals surface area (Å²) in [5.41, 5.74) is 5.15. The molecule has 2 atom stereocenters.